The van der Waals surface area contributed by atoms with Crippen molar-refractivity contribution in [3.8, 4) is 0 Å². The second-order valence-corrected chi connectivity index (χ2v) is 6.68. The molecule has 0 saturated heterocycles. The number of aromatic nitrogens is 2. The Kier molecular flexibility index (Phi) is 4.72. The number of alkyl halides is 1. The highest BCUT2D eigenvalue weighted by molar-refractivity contribution is 6.35. The van der Waals surface area contributed by atoms with Crippen LogP contribution in [0.15, 0.2) is 18.2 Å². The molecule has 114 valence electrons. The van der Waals surface area contributed by atoms with Gasteiger partial charge in [-0.15, -0.1) is 11.6 Å². The van der Waals surface area contributed by atoms with Crippen molar-refractivity contribution in [1.82, 2.24) is 9.55 Å². The van der Waals surface area contributed by atoms with E-state index < -0.39 is 0 Å². The van der Waals surface area contributed by atoms with Crippen LogP contribution in [-0.2, 0) is 11.3 Å². The summed E-state index contributed by atoms with van der Waals surface area (Å²) in [6.45, 7) is 3.35. The number of fused-ring (bicyclic) bond motifs is 1. The van der Waals surface area contributed by atoms with E-state index in [9.17, 15) is 0 Å². The van der Waals surface area contributed by atoms with Gasteiger partial charge in [0.1, 0.15) is 5.82 Å². The van der Waals surface area contributed by atoms with Crippen molar-refractivity contribution in [3.63, 3.8) is 0 Å². The largest absolute Gasteiger partial charge is 0.376 e. The number of nitrogens with zero attached hydrogens (tertiary/aromatic N) is 2. The highest BCUT2D eigenvalue weighted by atomic mass is 35.5. The van der Waals surface area contributed by atoms with E-state index in [4.69, 9.17) is 27.9 Å². The van der Waals surface area contributed by atoms with Crippen molar-refractivity contribution in [2.24, 2.45) is 0 Å². The van der Waals surface area contributed by atoms with Crippen LogP contribution in [0.25, 0.3) is 11.0 Å². The Morgan fingerprint density at radius 2 is 2.14 bits per heavy atom. The number of rotatable bonds is 5. The van der Waals surface area contributed by atoms with Crippen molar-refractivity contribution >= 4 is 34.2 Å². The third-order valence-electron chi connectivity index (χ3n) is 4.07. The molecule has 0 radical (unpaired) electrons. The normalized spacial score (nSPS) is 17.7. The molecule has 0 aliphatic heterocycles. The van der Waals surface area contributed by atoms with Crippen molar-refractivity contribution in [3.05, 3.63) is 29.0 Å². The molecule has 1 heterocycles. The zero-order valence-corrected chi connectivity index (χ0v) is 13.7. The molecule has 1 aliphatic rings. The van der Waals surface area contributed by atoms with Gasteiger partial charge in [-0.25, -0.2) is 4.98 Å². The summed E-state index contributed by atoms with van der Waals surface area (Å²) in [7, 11) is 0. The van der Waals surface area contributed by atoms with Crippen LogP contribution in [0.4, 0.5) is 0 Å². The number of hydrogen-bond donors (Lipinski definition) is 0. The lowest BCUT2D eigenvalue weighted by molar-refractivity contribution is 0.0531. The Bertz CT molecular complexity index is 618. The molecule has 1 saturated carbocycles. The predicted octanol–water partition coefficient (Wildman–Crippen LogP) is 4.95. The van der Waals surface area contributed by atoms with Crippen LogP contribution in [0.3, 0.4) is 0 Å². The summed E-state index contributed by atoms with van der Waals surface area (Å²) in [5.41, 5.74) is 1.85. The third kappa shape index (κ3) is 3.20. The lowest BCUT2D eigenvalue weighted by Gasteiger charge is -2.14. The molecule has 1 aliphatic carbocycles. The molecule has 5 heteroatoms. The molecule has 1 atom stereocenters. The molecular weight excluding hydrogens is 307 g/mol. The minimum absolute atomic E-state index is 0.153. The van der Waals surface area contributed by atoms with Crippen LogP contribution >= 0.6 is 23.2 Å². The second kappa shape index (κ2) is 6.55. The van der Waals surface area contributed by atoms with E-state index in [1.165, 1.54) is 25.7 Å². The van der Waals surface area contributed by atoms with Crippen LogP contribution in [0.5, 0.6) is 0 Å². The summed E-state index contributed by atoms with van der Waals surface area (Å²) in [4.78, 5) is 4.61. The number of benzene rings is 1. The van der Waals surface area contributed by atoms with E-state index in [1.807, 2.05) is 25.1 Å². The Balaban J connectivity index is 1.82. The van der Waals surface area contributed by atoms with Crippen LogP contribution in [0.1, 0.15) is 43.8 Å². The minimum atomic E-state index is -0.153. The molecule has 0 bridgehead atoms. The average molecular weight is 327 g/mol. The zero-order valence-electron chi connectivity index (χ0n) is 12.2. The van der Waals surface area contributed by atoms with Crippen molar-refractivity contribution in [2.75, 3.05) is 6.61 Å². The van der Waals surface area contributed by atoms with Crippen LogP contribution in [0, 0.1) is 0 Å². The summed E-state index contributed by atoms with van der Waals surface area (Å²) in [5.74, 6) is 0.856. The van der Waals surface area contributed by atoms with E-state index in [2.05, 4.69) is 9.55 Å². The van der Waals surface area contributed by atoms with Gasteiger partial charge in [0.25, 0.3) is 0 Å². The highest BCUT2D eigenvalue weighted by Gasteiger charge is 2.18. The lowest BCUT2D eigenvalue weighted by atomic mass is 10.3. The molecule has 1 fully saturated rings. The number of halogens is 2. The van der Waals surface area contributed by atoms with Crippen molar-refractivity contribution < 1.29 is 4.74 Å². The fraction of sp³-hybridized carbons (Fsp3) is 0.562. The topological polar surface area (TPSA) is 27.1 Å². The molecule has 1 aromatic carbocycles. The first kappa shape index (κ1) is 15.1. The van der Waals surface area contributed by atoms with Gasteiger partial charge in [-0.05, 0) is 31.9 Å². The molecular formula is C16H20Cl2N2O. The molecule has 0 amide bonds. The molecule has 0 spiro atoms. The van der Waals surface area contributed by atoms with Gasteiger partial charge in [0, 0.05) is 6.54 Å². The maximum Gasteiger partial charge on any atom is 0.127 e. The Hall–Kier alpha value is -0.770. The first-order chi connectivity index (χ1) is 10.2. The molecule has 2 aromatic rings. The summed E-state index contributed by atoms with van der Waals surface area (Å²) >= 11 is 12.6. The second-order valence-electron chi connectivity index (χ2n) is 5.62. The first-order valence-electron chi connectivity index (χ1n) is 7.57. The highest BCUT2D eigenvalue weighted by Crippen LogP contribution is 2.29. The quantitative estimate of drug-likeness (QED) is 0.727. The van der Waals surface area contributed by atoms with Gasteiger partial charge in [0.2, 0.25) is 0 Å². The molecule has 0 N–H and O–H groups in total. The smallest absolute Gasteiger partial charge is 0.127 e. The Morgan fingerprint density at radius 3 is 2.86 bits per heavy atom. The van der Waals surface area contributed by atoms with Crippen LogP contribution in [-0.4, -0.2) is 22.3 Å². The standard InChI is InChI=1S/C16H20Cl2N2O/c1-11(17)16-19-14-8-4-7-13(18)15(14)20(16)9-10-21-12-5-2-3-6-12/h4,7-8,11-12H,2-3,5-6,9-10H2,1H3. The molecule has 1 unspecified atom stereocenters. The van der Waals surface area contributed by atoms with Gasteiger partial charge in [0.15, 0.2) is 0 Å². The van der Waals surface area contributed by atoms with E-state index in [0.717, 1.165) is 23.4 Å². The predicted molar refractivity (Wildman–Crippen MR) is 87.2 cm³/mol. The first-order valence-corrected chi connectivity index (χ1v) is 8.38. The monoisotopic (exact) mass is 326 g/mol. The summed E-state index contributed by atoms with van der Waals surface area (Å²) in [6.07, 6.45) is 5.37. The van der Waals surface area contributed by atoms with Gasteiger partial charge in [0.05, 0.1) is 34.1 Å². The van der Waals surface area contributed by atoms with Crippen molar-refractivity contribution in [1.29, 1.82) is 0 Å². The van der Waals surface area contributed by atoms with E-state index >= 15 is 0 Å². The number of hydrogen-bond acceptors (Lipinski definition) is 2. The maximum absolute atomic E-state index is 6.34. The minimum Gasteiger partial charge on any atom is -0.376 e. The van der Waals surface area contributed by atoms with E-state index in [0.29, 0.717) is 17.7 Å². The zero-order chi connectivity index (χ0) is 14.8. The van der Waals surface area contributed by atoms with Gasteiger partial charge in [-0.1, -0.05) is 30.5 Å². The number of imidazole rings is 1. The fourth-order valence-electron chi connectivity index (χ4n) is 3.06. The van der Waals surface area contributed by atoms with E-state index in [-0.39, 0.29) is 5.38 Å². The summed E-state index contributed by atoms with van der Waals surface area (Å²) in [6, 6.07) is 5.78. The van der Waals surface area contributed by atoms with Gasteiger partial charge < -0.3 is 9.30 Å². The van der Waals surface area contributed by atoms with E-state index in [1.54, 1.807) is 0 Å². The summed E-state index contributed by atoms with van der Waals surface area (Å²) < 4.78 is 8.07. The molecule has 3 nitrogen and oxygen atoms in total. The number of ether oxygens (including phenoxy) is 1. The van der Waals surface area contributed by atoms with Gasteiger partial charge in [-0.3, -0.25) is 0 Å². The molecule has 3 rings (SSSR count). The average Bonchev–Trinajstić information content (AvgIpc) is 3.07. The Morgan fingerprint density at radius 1 is 1.38 bits per heavy atom. The molecule has 1 aromatic heterocycles. The number of para-hydroxylation sites is 1. The van der Waals surface area contributed by atoms with Gasteiger partial charge >= 0.3 is 0 Å². The maximum atomic E-state index is 6.34. The lowest BCUT2D eigenvalue weighted by Crippen LogP contribution is -2.15. The van der Waals surface area contributed by atoms with Gasteiger partial charge in [-0.2, -0.15) is 0 Å². The van der Waals surface area contributed by atoms with Crippen molar-refractivity contribution in [2.45, 2.75) is 50.6 Å². The third-order valence-corrected chi connectivity index (χ3v) is 4.57. The van der Waals surface area contributed by atoms with Crippen LogP contribution in [0.2, 0.25) is 5.02 Å². The summed E-state index contributed by atoms with van der Waals surface area (Å²) in [5, 5.41) is 0.560. The molecule has 21 heavy (non-hydrogen) atoms. The Labute approximate surface area is 135 Å². The SMILES string of the molecule is CC(Cl)c1nc2cccc(Cl)c2n1CCOC1CCCC1. The fourth-order valence-corrected chi connectivity index (χ4v) is 3.49. The van der Waals surface area contributed by atoms with Crippen LogP contribution < -0.4 is 0 Å².